The summed E-state index contributed by atoms with van der Waals surface area (Å²) in [4.78, 5) is 9.57. The van der Waals surface area contributed by atoms with Gasteiger partial charge in [0.2, 0.25) is 0 Å². The Kier molecular flexibility index (Phi) is 6.42. The molecule has 0 amide bonds. The molecule has 4 aromatic carbocycles. The number of hydrogen-bond acceptors (Lipinski definition) is 3. The number of anilines is 3. The van der Waals surface area contributed by atoms with E-state index in [0.29, 0.717) is 5.82 Å². The summed E-state index contributed by atoms with van der Waals surface area (Å²) in [6.45, 7) is 6.68. The summed E-state index contributed by atoms with van der Waals surface area (Å²) in [5.74, 6) is 0.565. The molecule has 0 saturated heterocycles. The average Bonchev–Trinajstić information content (AvgIpc) is 3.57. The van der Waals surface area contributed by atoms with Crippen LogP contribution in [0.15, 0.2) is 97.2 Å². The molecule has 3 heterocycles. The summed E-state index contributed by atoms with van der Waals surface area (Å²) >= 11 is 0. The SMILES string of the molecule is [2H]C([2H])([2H])c1ccnc(-n2c3[c-]c([Si](C)(C)c4[c-]c(N5[OH+]N(C(C)C)c6ccccc65)ccc4)ccc3c3ccccc32)c1.[Pt]. The van der Waals surface area contributed by atoms with Crippen LogP contribution in [0.3, 0.4) is 0 Å². The van der Waals surface area contributed by atoms with Crippen LogP contribution in [0.5, 0.6) is 0 Å². The number of aromatic nitrogens is 2. The molecule has 6 aromatic rings. The van der Waals surface area contributed by atoms with Crippen molar-refractivity contribution in [3.63, 3.8) is 0 Å². The van der Waals surface area contributed by atoms with E-state index in [0.717, 1.165) is 49.2 Å². The zero-order chi connectivity index (χ0) is 30.8. The van der Waals surface area contributed by atoms with Crippen LogP contribution in [0.4, 0.5) is 17.1 Å². The first-order chi connectivity index (χ1) is 21.0. The smallest absolute Gasteiger partial charge is 0.145 e. The standard InChI is InChI=1S/C35H32N4OSi.Pt/c1-24(2)38-32-15-8-9-16-33(32)39(40-38)26-11-10-12-27(22-26)41(4,5)28-17-18-30-29-13-6-7-14-31(29)37(34(30)23-28)35-21-25(3)19-20-36-35;/h6-21,24H,1-5H3;/q-2;/p+1/i3D3;. The second-order valence-electron chi connectivity index (χ2n) is 11.3. The van der Waals surface area contributed by atoms with Crippen molar-refractivity contribution in [2.75, 3.05) is 10.1 Å². The molecule has 0 fully saturated rings. The quantitative estimate of drug-likeness (QED) is 0.107. The zero-order valence-electron chi connectivity index (χ0n) is 26.9. The minimum absolute atomic E-state index is 0. The van der Waals surface area contributed by atoms with Crippen molar-refractivity contribution in [1.29, 1.82) is 0 Å². The van der Waals surface area contributed by atoms with Crippen LogP contribution in [-0.4, -0.2) is 28.6 Å². The summed E-state index contributed by atoms with van der Waals surface area (Å²) in [5, 5.41) is 8.42. The van der Waals surface area contributed by atoms with Gasteiger partial charge in [-0.25, -0.2) is 4.98 Å². The van der Waals surface area contributed by atoms with E-state index in [2.05, 4.69) is 92.6 Å². The molecule has 5 nitrogen and oxygen atoms in total. The Morgan fingerprint density at radius 1 is 0.833 bits per heavy atom. The Morgan fingerprint density at radius 2 is 1.60 bits per heavy atom. The number of benzene rings is 4. The van der Waals surface area contributed by atoms with Gasteiger partial charge in [-0.15, -0.1) is 21.6 Å². The summed E-state index contributed by atoms with van der Waals surface area (Å²) in [6, 6.07) is 38.1. The molecule has 0 saturated carbocycles. The van der Waals surface area contributed by atoms with Gasteiger partial charge in [0.1, 0.15) is 17.2 Å². The number of hydroxylamine groups is 1. The number of pyridine rings is 1. The summed E-state index contributed by atoms with van der Waals surface area (Å²) in [6.07, 6.45) is 1.57. The number of rotatable bonds is 5. The molecule has 0 unspecified atom stereocenters. The Balaban J connectivity index is 0.00000357. The Hall–Kier alpha value is -3.70. The molecule has 214 valence electrons. The van der Waals surface area contributed by atoms with Crippen LogP contribution in [-0.2, 0) is 21.1 Å². The van der Waals surface area contributed by atoms with Gasteiger partial charge in [0.15, 0.2) is 0 Å². The van der Waals surface area contributed by atoms with Crippen molar-refractivity contribution in [2.45, 2.75) is 39.8 Å². The van der Waals surface area contributed by atoms with Gasteiger partial charge in [0.25, 0.3) is 0 Å². The van der Waals surface area contributed by atoms with Crippen molar-refractivity contribution in [3.8, 4) is 5.82 Å². The molecule has 0 aliphatic carbocycles. The predicted molar refractivity (Wildman–Crippen MR) is 172 cm³/mol. The first kappa shape index (κ1) is 24.9. The second kappa shape index (κ2) is 10.8. The first-order valence-electron chi connectivity index (χ1n) is 15.4. The van der Waals surface area contributed by atoms with E-state index < -0.39 is 14.9 Å². The van der Waals surface area contributed by atoms with Crippen molar-refractivity contribution in [1.82, 2.24) is 9.55 Å². The van der Waals surface area contributed by atoms with Gasteiger partial charge in [0, 0.05) is 42.6 Å². The molecule has 1 aliphatic rings. The molecule has 7 heteroatoms. The third kappa shape index (κ3) is 4.59. The van der Waals surface area contributed by atoms with Crippen LogP contribution in [0.25, 0.3) is 27.6 Å². The average molecular weight is 752 g/mol. The second-order valence-corrected chi connectivity index (χ2v) is 15.6. The molecule has 7 rings (SSSR count). The topological polar surface area (TPSA) is 37.1 Å². The Labute approximate surface area is 266 Å². The van der Waals surface area contributed by atoms with Gasteiger partial charge in [-0.05, 0) is 62.0 Å². The van der Waals surface area contributed by atoms with Crippen LogP contribution in [0.1, 0.15) is 23.5 Å². The zero-order valence-corrected chi connectivity index (χ0v) is 27.1. The molecule has 0 spiro atoms. The summed E-state index contributed by atoms with van der Waals surface area (Å²) < 4.78 is 25.9. The van der Waals surface area contributed by atoms with Gasteiger partial charge >= 0.3 is 0 Å². The van der Waals surface area contributed by atoms with E-state index in [-0.39, 0.29) is 32.7 Å². The summed E-state index contributed by atoms with van der Waals surface area (Å²) in [5.41, 5.74) is 5.13. The fourth-order valence-electron chi connectivity index (χ4n) is 5.72. The number of fused-ring (bicyclic) bond motifs is 4. The molecule has 2 aromatic heterocycles. The van der Waals surface area contributed by atoms with Gasteiger partial charge in [0.05, 0.1) is 14.1 Å². The predicted octanol–water partition coefficient (Wildman–Crippen LogP) is 7.11. The normalized spacial score (nSPS) is 14.5. The number of hydrogen-bond donors (Lipinski definition) is 0. The van der Waals surface area contributed by atoms with Gasteiger partial charge in [-0.1, -0.05) is 48.9 Å². The Morgan fingerprint density at radius 3 is 2.40 bits per heavy atom. The molecule has 42 heavy (non-hydrogen) atoms. The van der Waals surface area contributed by atoms with Crippen molar-refractivity contribution < 1.29 is 30.1 Å². The van der Waals surface area contributed by atoms with Crippen LogP contribution in [0.2, 0.25) is 13.1 Å². The molecule has 1 aliphatic heterocycles. The third-order valence-corrected chi connectivity index (χ3v) is 11.2. The molecular formula is C35H33N4OPtSi-. The Bertz CT molecular complexity index is 2040. The molecule has 0 bridgehead atoms. The first-order valence-corrected chi connectivity index (χ1v) is 16.9. The number of nitrogens with zero attached hydrogens (tertiary/aromatic N) is 4. The van der Waals surface area contributed by atoms with Crippen LogP contribution < -0.4 is 20.5 Å². The maximum Gasteiger partial charge on any atom is 0.145 e. The van der Waals surface area contributed by atoms with Gasteiger partial charge < -0.3 is 4.57 Å². The molecule has 0 radical (unpaired) electrons. The fourth-order valence-corrected chi connectivity index (χ4v) is 7.89. The van der Waals surface area contributed by atoms with Gasteiger partial charge in [-0.2, -0.15) is 51.7 Å². The minimum atomic E-state index is -2.32. The maximum atomic E-state index is 7.96. The van der Waals surface area contributed by atoms with Crippen molar-refractivity contribution in [2.24, 2.45) is 0 Å². The van der Waals surface area contributed by atoms with E-state index >= 15 is 0 Å². The number of aryl methyl sites for hydroxylation is 1. The fraction of sp³-hybridized carbons (Fsp3) is 0.171. The van der Waals surface area contributed by atoms with Crippen molar-refractivity contribution >= 4 is 57.3 Å². The van der Waals surface area contributed by atoms with Gasteiger partial charge in [-0.3, -0.25) is 0 Å². The molecular weight excluding hydrogens is 716 g/mol. The van der Waals surface area contributed by atoms with Crippen LogP contribution in [0, 0.1) is 19.0 Å². The van der Waals surface area contributed by atoms with E-state index in [1.165, 1.54) is 0 Å². The number of para-hydroxylation sites is 3. The van der Waals surface area contributed by atoms with E-state index in [9.17, 15) is 0 Å². The monoisotopic (exact) mass is 751 g/mol. The third-order valence-electron chi connectivity index (χ3n) is 7.94. The van der Waals surface area contributed by atoms with E-state index in [4.69, 9.17) is 9.05 Å². The summed E-state index contributed by atoms with van der Waals surface area (Å²) in [7, 11) is -2.32. The van der Waals surface area contributed by atoms with E-state index in [1.54, 1.807) is 18.3 Å². The van der Waals surface area contributed by atoms with E-state index in [1.807, 2.05) is 45.0 Å². The minimum Gasteiger partial charge on any atom is -0.319 e. The van der Waals surface area contributed by atoms with Crippen LogP contribution >= 0.6 is 0 Å². The largest absolute Gasteiger partial charge is 0.319 e. The molecule has 0 atom stereocenters. The maximum absolute atomic E-state index is 7.96. The van der Waals surface area contributed by atoms with Crippen molar-refractivity contribution in [3.05, 3.63) is 115 Å². The molecule has 1 N–H and O–H groups in total.